The van der Waals surface area contributed by atoms with Crippen LogP contribution in [0.25, 0.3) is 0 Å². The van der Waals surface area contributed by atoms with Crippen LogP contribution in [0.5, 0.6) is 5.75 Å². The molecule has 1 aliphatic heterocycles. The minimum absolute atomic E-state index is 0.471. The first-order chi connectivity index (χ1) is 9.24. The smallest absolute Gasteiger partial charge is 0.138 e. The second-order valence-corrected chi connectivity index (χ2v) is 6.49. The topological polar surface area (TPSA) is 21.3 Å². The Kier molecular flexibility index (Phi) is 3.86. The molecule has 0 amide bonds. The molecule has 0 bridgehead atoms. The van der Waals surface area contributed by atoms with Gasteiger partial charge in [0.25, 0.3) is 0 Å². The molecular weight excluding hydrogens is 302 g/mol. The van der Waals surface area contributed by atoms with Crippen LogP contribution in [-0.2, 0) is 12.8 Å². The molecule has 1 atom stereocenters. The number of methoxy groups -OCH3 is 1. The molecular formula is C16H22BrNO. The van der Waals surface area contributed by atoms with Gasteiger partial charge in [0.05, 0.1) is 11.6 Å². The fraction of sp³-hybridized carbons (Fsp3) is 0.625. The van der Waals surface area contributed by atoms with Gasteiger partial charge in [-0.3, -0.25) is 0 Å². The Hall–Kier alpha value is -0.540. The summed E-state index contributed by atoms with van der Waals surface area (Å²) in [6.07, 6.45) is 7.53. The number of rotatable bonds is 2. The van der Waals surface area contributed by atoms with Crippen LogP contribution in [0.3, 0.4) is 0 Å². The lowest BCUT2D eigenvalue weighted by Crippen LogP contribution is -2.18. The lowest BCUT2D eigenvalue weighted by Gasteiger charge is -2.27. The van der Waals surface area contributed by atoms with Gasteiger partial charge in [-0.15, -0.1) is 0 Å². The van der Waals surface area contributed by atoms with Crippen molar-refractivity contribution >= 4 is 15.9 Å². The molecule has 0 saturated carbocycles. The molecule has 2 aliphatic rings. The third kappa shape index (κ3) is 2.21. The molecule has 2 nitrogen and oxygen atoms in total. The van der Waals surface area contributed by atoms with E-state index in [2.05, 4.69) is 28.2 Å². The van der Waals surface area contributed by atoms with Crippen molar-refractivity contribution in [1.29, 1.82) is 0 Å². The molecule has 3 rings (SSSR count). The molecule has 1 heterocycles. The summed E-state index contributed by atoms with van der Waals surface area (Å²) in [7, 11) is 1.80. The van der Waals surface area contributed by atoms with Crippen LogP contribution in [0.15, 0.2) is 4.47 Å². The summed E-state index contributed by atoms with van der Waals surface area (Å²) in [5, 5.41) is 3.62. The number of hydrogen-bond acceptors (Lipinski definition) is 2. The standard InChI is InChI=1S/C16H22BrNO/c1-10-11-6-3-4-7-12(11)15(17)16(19-2)14(10)13-8-5-9-18-13/h13,18H,3-9H2,1-2H3. The summed E-state index contributed by atoms with van der Waals surface area (Å²) in [6, 6.07) is 0.471. The van der Waals surface area contributed by atoms with Gasteiger partial charge in [0.2, 0.25) is 0 Å². The van der Waals surface area contributed by atoms with Crippen molar-refractivity contribution in [3.63, 3.8) is 0 Å². The Morgan fingerprint density at radius 1 is 1.16 bits per heavy atom. The normalized spacial score (nSPS) is 22.4. The van der Waals surface area contributed by atoms with E-state index in [1.54, 1.807) is 12.7 Å². The Morgan fingerprint density at radius 3 is 2.53 bits per heavy atom. The van der Waals surface area contributed by atoms with Gasteiger partial charge in [0, 0.05) is 11.6 Å². The van der Waals surface area contributed by atoms with E-state index in [4.69, 9.17) is 4.74 Å². The van der Waals surface area contributed by atoms with Gasteiger partial charge >= 0.3 is 0 Å². The second kappa shape index (κ2) is 5.45. The maximum absolute atomic E-state index is 5.75. The van der Waals surface area contributed by atoms with Crippen LogP contribution in [0, 0.1) is 6.92 Å². The second-order valence-electron chi connectivity index (χ2n) is 5.70. The number of hydrogen-bond donors (Lipinski definition) is 1. The molecule has 1 aromatic rings. The molecule has 0 spiro atoms. The van der Waals surface area contributed by atoms with Crippen molar-refractivity contribution in [2.24, 2.45) is 0 Å². The summed E-state index contributed by atoms with van der Waals surface area (Å²) >= 11 is 3.81. The Morgan fingerprint density at radius 2 is 1.89 bits per heavy atom. The first-order valence-corrected chi connectivity index (χ1v) is 8.14. The van der Waals surface area contributed by atoms with Gasteiger partial charge in [-0.1, -0.05) is 0 Å². The fourth-order valence-corrected chi connectivity index (χ4v) is 4.51. The minimum Gasteiger partial charge on any atom is -0.495 e. The number of fused-ring (bicyclic) bond motifs is 1. The molecule has 1 aliphatic carbocycles. The molecule has 3 heteroatoms. The lowest BCUT2D eigenvalue weighted by atomic mass is 9.84. The first kappa shape index (κ1) is 13.4. The van der Waals surface area contributed by atoms with Crippen LogP contribution < -0.4 is 10.1 Å². The molecule has 1 fully saturated rings. The van der Waals surface area contributed by atoms with Crippen LogP contribution in [-0.4, -0.2) is 13.7 Å². The van der Waals surface area contributed by atoms with Crippen LogP contribution in [0.2, 0.25) is 0 Å². The zero-order valence-corrected chi connectivity index (χ0v) is 13.4. The van der Waals surface area contributed by atoms with E-state index in [0.29, 0.717) is 6.04 Å². The van der Waals surface area contributed by atoms with Crippen molar-refractivity contribution in [1.82, 2.24) is 5.32 Å². The van der Waals surface area contributed by atoms with Crippen LogP contribution in [0.4, 0.5) is 0 Å². The summed E-state index contributed by atoms with van der Waals surface area (Å²) < 4.78 is 6.96. The van der Waals surface area contributed by atoms with Gasteiger partial charge in [-0.05, 0) is 84.6 Å². The van der Waals surface area contributed by atoms with Gasteiger partial charge in [0.15, 0.2) is 0 Å². The first-order valence-electron chi connectivity index (χ1n) is 7.35. The van der Waals surface area contributed by atoms with Gasteiger partial charge in [-0.25, -0.2) is 0 Å². The minimum atomic E-state index is 0.471. The van der Waals surface area contributed by atoms with Crippen molar-refractivity contribution in [3.05, 3.63) is 26.7 Å². The van der Waals surface area contributed by atoms with E-state index in [1.807, 2.05) is 0 Å². The number of nitrogens with one attached hydrogen (secondary N) is 1. The molecule has 104 valence electrons. The Bertz CT molecular complexity index is 492. The molecule has 0 radical (unpaired) electrons. The van der Waals surface area contributed by atoms with E-state index < -0.39 is 0 Å². The predicted molar refractivity (Wildman–Crippen MR) is 82.1 cm³/mol. The fourth-order valence-electron chi connectivity index (χ4n) is 3.70. The van der Waals surface area contributed by atoms with E-state index >= 15 is 0 Å². The molecule has 1 aromatic carbocycles. The number of ether oxygens (including phenoxy) is 1. The molecule has 0 aromatic heterocycles. The lowest BCUT2D eigenvalue weighted by molar-refractivity contribution is 0.398. The predicted octanol–water partition coefficient (Wildman–Crippen LogP) is 4.07. The van der Waals surface area contributed by atoms with Crippen molar-refractivity contribution in [2.45, 2.75) is 51.5 Å². The van der Waals surface area contributed by atoms with E-state index in [9.17, 15) is 0 Å². The van der Waals surface area contributed by atoms with E-state index in [0.717, 1.165) is 12.3 Å². The summed E-state index contributed by atoms with van der Waals surface area (Å²) in [6.45, 7) is 3.41. The van der Waals surface area contributed by atoms with Crippen molar-refractivity contribution < 1.29 is 4.74 Å². The highest BCUT2D eigenvalue weighted by Crippen LogP contribution is 2.44. The van der Waals surface area contributed by atoms with E-state index in [1.165, 1.54) is 59.7 Å². The third-order valence-corrected chi connectivity index (χ3v) is 5.49. The molecule has 1 saturated heterocycles. The summed E-state index contributed by atoms with van der Waals surface area (Å²) in [5.74, 6) is 1.07. The maximum Gasteiger partial charge on any atom is 0.138 e. The van der Waals surface area contributed by atoms with Crippen LogP contribution in [0.1, 0.15) is 54.0 Å². The summed E-state index contributed by atoms with van der Waals surface area (Å²) in [4.78, 5) is 0. The Balaban J connectivity index is 2.18. The molecule has 19 heavy (non-hydrogen) atoms. The zero-order chi connectivity index (χ0) is 13.4. The average molecular weight is 324 g/mol. The van der Waals surface area contributed by atoms with Crippen molar-refractivity contribution in [2.75, 3.05) is 13.7 Å². The monoisotopic (exact) mass is 323 g/mol. The molecule has 1 unspecified atom stereocenters. The zero-order valence-electron chi connectivity index (χ0n) is 11.8. The number of benzene rings is 1. The van der Waals surface area contributed by atoms with E-state index in [-0.39, 0.29) is 0 Å². The van der Waals surface area contributed by atoms with Gasteiger partial charge in [0.1, 0.15) is 5.75 Å². The van der Waals surface area contributed by atoms with Gasteiger partial charge < -0.3 is 10.1 Å². The number of halogens is 1. The maximum atomic E-state index is 5.75. The quantitative estimate of drug-likeness (QED) is 0.885. The highest BCUT2D eigenvalue weighted by atomic mass is 79.9. The largest absolute Gasteiger partial charge is 0.495 e. The SMILES string of the molecule is COc1c(Br)c2c(c(C)c1C1CCCN1)CCCC2. The van der Waals surface area contributed by atoms with Gasteiger partial charge in [-0.2, -0.15) is 0 Å². The average Bonchev–Trinajstić information content (AvgIpc) is 2.96. The Labute approximate surface area is 124 Å². The van der Waals surface area contributed by atoms with Crippen LogP contribution >= 0.6 is 15.9 Å². The van der Waals surface area contributed by atoms with Crippen molar-refractivity contribution in [3.8, 4) is 5.75 Å². The third-order valence-electron chi connectivity index (χ3n) is 4.65. The highest BCUT2D eigenvalue weighted by Gasteiger charge is 2.28. The molecule has 1 N–H and O–H groups in total. The highest BCUT2D eigenvalue weighted by molar-refractivity contribution is 9.10. The summed E-state index contributed by atoms with van der Waals surface area (Å²) in [5.41, 5.74) is 5.92.